The van der Waals surface area contributed by atoms with Gasteiger partial charge in [0.15, 0.2) is 24.3 Å². The number of benzene rings is 1. The van der Waals surface area contributed by atoms with Crippen LogP contribution in [0.3, 0.4) is 0 Å². The van der Waals surface area contributed by atoms with Gasteiger partial charge in [-0.1, -0.05) is 51.0 Å². The number of aliphatic hydroxyl groups is 1. The smallest absolute Gasteiger partial charge is 0.338 e. The van der Waals surface area contributed by atoms with Gasteiger partial charge in [0.25, 0.3) is 0 Å². The maximum absolute atomic E-state index is 14.3. The van der Waals surface area contributed by atoms with Crippen LogP contribution < -0.4 is 0 Å². The lowest BCUT2D eigenvalue weighted by Gasteiger charge is -2.59. The van der Waals surface area contributed by atoms with Gasteiger partial charge in [-0.2, -0.15) is 0 Å². The second-order valence-corrected chi connectivity index (χ2v) is 13.4. The van der Waals surface area contributed by atoms with Crippen molar-refractivity contribution in [3.8, 4) is 0 Å². The number of ether oxygens (including phenoxy) is 3. The topological polar surface area (TPSA) is 152 Å². The number of aliphatic hydroxyl groups excluding tert-OH is 1. The van der Waals surface area contributed by atoms with Gasteiger partial charge in [-0.15, -0.1) is 0 Å². The summed E-state index contributed by atoms with van der Waals surface area (Å²) in [6.45, 7) is 5.53. The highest BCUT2D eigenvalue weighted by Crippen LogP contribution is 2.69. The number of rotatable bonds is 9. The monoisotopic (exact) mass is 611 g/mol. The molecule has 11 nitrogen and oxygen atoms in total. The van der Waals surface area contributed by atoms with E-state index in [1.165, 1.54) is 12.1 Å². The van der Waals surface area contributed by atoms with Crippen LogP contribution in [0.25, 0.3) is 0 Å². The maximum atomic E-state index is 14.3. The molecule has 0 bridgehead atoms. The van der Waals surface area contributed by atoms with Crippen molar-refractivity contribution in [1.29, 1.82) is 0 Å². The average molecular weight is 612 g/mol. The van der Waals surface area contributed by atoms with Gasteiger partial charge in [-0.3, -0.25) is 20.0 Å². The molecule has 5 aliphatic rings. The van der Waals surface area contributed by atoms with Crippen LogP contribution in [0.1, 0.15) is 75.2 Å². The summed E-state index contributed by atoms with van der Waals surface area (Å²) >= 11 is 0. The van der Waals surface area contributed by atoms with Crippen molar-refractivity contribution in [3.63, 3.8) is 0 Å². The van der Waals surface area contributed by atoms with Gasteiger partial charge in [0, 0.05) is 16.7 Å². The van der Waals surface area contributed by atoms with E-state index >= 15 is 0 Å². The minimum absolute atomic E-state index is 0.0194. The fraction of sp³-hybridized carbons (Fsp3) is 0.606. The van der Waals surface area contributed by atoms with E-state index in [9.17, 15) is 19.5 Å². The summed E-state index contributed by atoms with van der Waals surface area (Å²) in [6, 6.07) is 6.15. The molecule has 4 aliphatic carbocycles. The third-order valence-electron chi connectivity index (χ3n) is 11.1. The fourth-order valence-electron chi connectivity index (χ4n) is 9.20. The second kappa shape index (κ2) is 11.5. The van der Waals surface area contributed by atoms with Gasteiger partial charge in [0.2, 0.25) is 5.78 Å². The quantitative estimate of drug-likeness (QED) is 0.273. The molecule has 1 heterocycles. The predicted octanol–water partition coefficient (Wildman–Crippen LogP) is 4.09. The molecule has 1 aliphatic heterocycles. The van der Waals surface area contributed by atoms with Crippen molar-refractivity contribution < 1.29 is 49.0 Å². The molecule has 4 fully saturated rings. The molecule has 238 valence electrons. The standard InChI is InChI=1S/C33H41NO10/c1-4-5-28-43-27-15-24-23-11-10-21-14-22(35)12-13-31(21,2)29(23)25(36)16-32(24,3)33(27,44-28)26(37)18-41-30(38)20-8-6-19(7-9-20)17-42-34(39)40/h6-9,12-14,23-25,27-29,36,39-40H,4-5,10-11,15-18H2,1-3H3/t23-,24-,25-,27+,28?,29+,31-,32-,33+/m0/s1. The van der Waals surface area contributed by atoms with Crippen molar-refractivity contribution in [2.24, 2.45) is 28.6 Å². The number of carbonyl (C=O) groups excluding carboxylic acids is 3. The highest BCUT2D eigenvalue weighted by Gasteiger charge is 2.75. The number of hydrogen-bond donors (Lipinski definition) is 3. The summed E-state index contributed by atoms with van der Waals surface area (Å²) < 4.78 is 18.6. The molecule has 0 spiro atoms. The molecule has 3 saturated carbocycles. The lowest BCUT2D eigenvalue weighted by molar-refractivity contribution is -0.497. The number of hydrogen-bond acceptors (Lipinski definition) is 11. The predicted molar refractivity (Wildman–Crippen MR) is 153 cm³/mol. The Morgan fingerprint density at radius 3 is 2.61 bits per heavy atom. The first-order chi connectivity index (χ1) is 20.9. The average Bonchev–Trinajstić information content (AvgIpc) is 3.47. The molecule has 1 aromatic carbocycles. The molecule has 44 heavy (non-hydrogen) atoms. The van der Waals surface area contributed by atoms with Crippen molar-refractivity contribution in [3.05, 3.63) is 59.2 Å². The van der Waals surface area contributed by atoms with E-state index in [2.05, 4.69) is 11.8 Å². The lowest BCUT2D eigenvalue weighted by atomic mass is 9.46. The molecular formula is C33H41NO10. The SMILES string of the molecule is CCCC1O[C@@H]2C[C@H]3[C@@H]4CCC5=CC(=O)C=C[C@]5(C)[C@H]4[C@@H](O)C[C@]3(C)[C@]2(C(=O)COC(=O)c2ccc(CON(O)O)cc2)O1. The molecule has 3 N–H and O–H groups in total. The van der Waals surface area contributed by atoms with E-state index in [1.807, 2.05) is 19.9 Å². The summed E-state index contributed by atoms with van der Waals surface area (Å²) in [5.74, 6) is -1.07. The third kappa shape index (κ3) is 4.89. The first-order valence-electron chi connectivity index (χ1n) is 15.5. The molecule has 6 rings (SSSR count). The van der Waals surface area contributed by atoms with Crippen LogP contribution in [-0.2, 0) is 35.2 Å². The Bertz CT molecular complexity index is 1370. The molecule has 1 aromatic rings. The molecule has 1 unspecified atom stereocenters. The van der Waals surface area contributed by atoms with Gasteiger partial charge in [0.05, 0.1) is 29.8 Å². The summed E-state index contributed by atoms with van der Waals surface area (Å²) in [6.07, 6.45) is 7.35. The molecule has 11 heteroatoms. The molecule has 9 atom stereocenters. The lowest BCUT2D eigenvalue weighted by Crippen LogP contribution is -2.63. The molecule has 0 amide bonds. The molecular weight excluding hydrogens is 570 g/mol. The van der Waals surface area contributed by atoms with Crippen molar-refractivity contribution in [1.82, 2.24) is 5.39 Å². The number of carbonyl (C=O) groups is 3. The van der Waals surface area contributed by atoms with Crippen LogP contribution in [0.5, 0.6) is 0 Å². The number of nitrogens with zero attached hydrogens (tertiary/aromatic N) is 1. The summed E-state index contributed by atoms with van der Waals surface area (Å²) in [5.41, 5.74) is -0.709. The Labute approximate surface area is 256 Å². The minimum Gasteiger partial charge on any atom is -0.454 e. The van der Waals surface area contributed by atoms with Crippen molar-refractivity contribution >= 4 is 17.5 Å². The van der Waals surface area contributed by atoms with E-state index in [1.54, 1.807) is 24.3 Å². The van der Waals surface area contributed by atoms with Crippen molar-refractivity contribution in [2.45, 2.75) is 90.0 Å². The van der Waals surface area contributed by atoms with Gasteiger partial charge in [-0.05, 0) is 73.8 Å². The Balaban J connectivity index is 1.24. The summed E-state index contributed by atoms with van der Waals surface area (Å²) in [5, 5.41) is 28.9. The first-order valence-corrected chi connectivity index (χ1v) is 15.5. The molecule has 1 saturated heterocycles. The largest absolute Gasteiger partial charge is 0.454 e. The second-order valence-electron chi connectivity index (χ2n) is 13.4. The van der Waals surface area contributed by atoms with Crippen LogP contribution in [0.4, 0.5) is 0 Å². The zero-order valence-corrected chi connectivity index (χ0v) is 25.3. The minimum atomic E-state index is -1.37. The van der Waals surface area contributed by atoms with Crippen LogP contribution in [0.2, 0.25) is 0 Å². The number of allylic oxidation sites excluding steroid dienone is 4. The van der Waals surface area contributed by atoms with Gasteiger partial charge in [-0.25, -0.2) is 9.63 Å². The van der Waals surface area contributed by atoms with Crippen LogP contribution in [0, 0.1) is 28.6 Å². The first kappa shape index (κ1) is 31.2. The number of esters is 1. The number of ketones is 2. The highest BCUT2D eigenvalue weighted by atomic mass is 17.1. The highest BCUT2D eigenvalue weighted by molar-refractivity contribution is 6.01. The van der Waals surface area contributed by atoms with Crippen LogP contribution in [0.15, 0.2) is 48.1 Å². The van der Waals surface area contributed by atoms with E-state index in [-0.39, 0.29) is 41.5 Å². The third-order valence-corrected chi connectivity index (χ3v) is 11.1. The maximum Gasteiger partial charge on any atom is 0.338 e. The Morgan fingerprint density at radius 1 is 1.16 bits per heavy atom. The Morgan fingerprint density at radius 2 is 1.91 bits per heavy atom. The van der Waals surface area contributed by atoms with E-state index < -0.39 is 52.9 Å². The zero-order chi connectivity index (χ0) is 31.4. The van der Waals surface area contributed by atoms with Gasteiger partial charge < -0.3 is 19.3 Å². The zero-order valence-electron chi connectivity index (χ0n) is 25.3. The Hall–Kier alpha value is -2.77. The summed E-state index contributed by atoms with van der Waals surface area (Å²) in [7, 11) is 0. The van der Waals surface area contributed by atoms with Crippen LogP contribution >= 0.6 is 0 Å². The van der Waals surface area contributed by atoms with Gasteiger partial charge >= 0.3 is 5.97 Å². The fourth-order valence-corrected chi connectivity index (χ4v) is 9.20. The van der Waals surface area contributed by atoms with Gasteiger partial charge in [0.1, 0.15) is 0 Å². The van der Waals surface area contributed by atoms with E-state index in [0.29, 0.717) is 24.8 Å². The Kier molecular flexibility index (Phi) is 8.19. The molecule has 0 aromatic heterocycles. The summed E-state index contributed by atoms with van der Waals surface area (Å²) in [4.78, 5) is 44.0. The van der Waals surface area contributed by atoms with Crippen molar-refractivity contribution in [2.75, 3.05) is 6.61 Å². The normalized spacial score (nSPS) is 38.9. The van der Waals surface area contributed by atoms with E-state index in [0.717, 1.165) is 24.8 Å². The number of fused-ring (bicyclic) bond motifs is 7. The number of Topliss-reactive ketones (excluding diaryl/α,β-unsaturated/α-hetero) is 1. The van der Waals surface area contributed by atoms with E-state index in [4.69, 9.17) is 24.6 Å². The molecule has 0 radical (unpaired) electrons. The van der Waals surface area contributed by atoms with Crippen LogP contribution in [-0.4, -0.2) is 69.2 Å².